The van der Waals surface area contributed by atoms with Crippen molar-refractivity contribution < 1.29 is 0 Å². The summed E-state index contributed by atoms with van der Waals surface area (Å²) in [4.78, 5) is 37.9. The van der Waals surface area contributed by atoms with Gasteiger partial charge in [0.2, 0.25) is 0 Å². The first-order chi connectivity index (χ1) is 16.1. The fourth-order valence-corrected chi connectivity index (χ4v) is 4.88. The zero-order valence-corrected chi connectivity index (χ0v) is 18.5. The van der Waals surface area contributed by atoms with Crippen LogP contribution in [0.1, 0.15) is 29.9 Å². The number of imidazole rings is 2. The van der Waals surface area contributed by atoms with Gasteiger partial charge < -0.3 is 19.4 Å². The summed E-state index contributed by atoms with van der Waals surface area (Å²) < 4.78 is 2.01. The van der Waals surface area contributed by atoms with Crippen LogP contribution in [0.15, 0.2) is 47.8 Å². The molecule has 0 atom stereocenters. The van der Waals surface area contributed by atoms with Gasteiger partial charge in [-0.15, -0.1) is 0 Å². The number of nitrogens with one attached hydrogen (secondary N) is 2. The molecule has 4 aromatic heterocycles. The lowest BCUT2D eigenvalue weighted by Gasteiger charge is -2.33. The fourth-order valence-electron chi connectivity index (χ4n) is 4.88. The van der Waals surface area contributed by atoms with Crippen LogP contribution in [0, 0.1) is 6.92 Å². The number of nitrogens with zero attached hydrogens (tertiary/aromatic N) is 6. The average Bonchev–Trinajstić information content (AvgIpc) is 3.37. The molecular weight excluding hydrogens is 416 g/mol. The molecule has 5 heterocycles. The molecular formula is C24H24N8O. The lowest BCUT2D eigenvalue weighted by Crippen LogP contribution is -2.33. The first-order valence-electron chi connectivity index (χ1n) is 11.1. The molecule has 0 spiro atoms. The van der Waals surface area contributed by atoms with Crippen LogP contribution in [-0.2, 0) is 7.05 Å². The van der Waals surface area contributed by atoms with E-state index in [4.69, 9.17) is 4.98 Å². The Morgan fingerprint density at radius 1 is 1.03 bits per heavy atom. The summed E-state index contributed by atoms with van der Waals surface area (Å²) in [5.41, 5.74) is 6.51. The van der Waals surface area contributed by atoms with Gasteiger partial charge in [-0.1, -0.05) is 6.07 Å². The second kappa shape index (κ2) is 7.54. The Morgan fingerprint density at radius 3 is 2.67 bits per heavy atom. The monoisotopic (exact) mass is 440 g/mol. The van der Waals surface area contributed by atoms with Gasteiger partial charge in [0.25, 0.3) is 0 Å². The summed E-state index contributed by atoms with van der Waals surface area (Å²) in [5, 5.41) is 0. The number of hydrogen-bond acceptors (Lipinski definition) is 6. The molecule has 1 aromatic carbocycles. The highest BCUT2D eigenvalue weighted by Gasteiger charge is 2.25. The number of piperidine rings is 1. The fraction of sp³-hybridized carbons (Fsp3) is 0.292. The Labute approximate surface area is 189 Å². The maximum absolute atomic E-state index is 11.6. The molecule has 9 nitrogen and oxygen atoms in total. The molecule has 9 heteroatoms. The number of aromatic nitrogens is 7. The molecule has 0 bridgehead atoms. The maximum Gasteiger partial charge on any atom is 0.323 e. The van der Waals surface area contributed by atoms with Crippen molar-refractivity contribution in [3.8, 4) is 11.4 Å². The van der Waals surface area contributed by atoms with Crippen LogP contribution in [0.4, 0.5) is 5.82 Å². The number of aromatic amines is 2. The molecule has 33 heavy (non-hydrogen) atoms. The largest absolute Gasteiger partial charge is 0.355 e. The Balaban J connectivity index is 1.28. The van der Waals surface area contributed by atoms with Crippen LogP contribution in [0.2, 0.25) is 0 Å². The average molecular weight is 441 g/mol. The molecule has 0 amide bonds. The third-order valence-electron chi connectivity index (χ3n) is 6.58. The van der Waals surface area contributed by atoms with Gasteiger partial charge in [0, 0.05) is 38.1 Å². The summed E-state index contributed by atoms with van der Waals surface area (Å²) in [6, 6.07) is 8.29. The van der Waals surface area contributed by atoms with E-state index in [9.17, 15) is 4.79 Å². The number of benzene rings is 1. The quantitative estimate of drug-likeness (QED) is 0.446. The van der Waals surface area contributed by atoms with E-state index >= 15 is 0 Å². The van der Waals surface area contributed by atoms with E-state index in [1.165, 1.54) is 5.56 Å². The van der Waals surface area contributed by atoms with Crippen molar-refractivity contribution in [3.05, 3.63) is 64.6 Å². The molecule has 6 rings (SSSR count). The lowest BCUT2D eigenvalue weighted by atomic mass is 9.89. The van der Waals surface area contributed by atoms with Crippen LogP contribution >= 0.6 is 0 Å². The molecule has 0 unspecified atom stereocenters. The number of fused-ring (bicyclic) bond motifs is 2. The summed E-state index contributed by atoms with van der Waals surface area (Å²) in [6.45, 7) is 3.80. The van der Waals surface area contributed by atoms with E-state index in [0.717, 1.165) is 70.9 Å². The van der Waals surface area contributed by atoms with Crippen LogP contribution < -0.4 is 10.6 Å². The topological polar surface area (TPSA) is 108 Å². The zero-order chi connectivity index (χ0) is 22.5. The standard InChI is InChI=1S/C24H24N8O/c1-14-9-17(12-25-11-14)21-30-20-22(31(21)2)26-13-27-23(20)32-7-5-15(6-8-32)16-3-4-18-19(10-16)29-24(33)28-18/h3-4,9-13,15H,5-8H2,1-2H3,(H2,28,29,33). The van der Waals surface area contributed by atoms with E-state index in [1.54, 1.807) is 6.33 Å². The molecule has 1 aliphatic rings. The molecule has 5 aromatic rings. The van der Waals surface area contributed by atoms with E-state index in [-0.39, 0.29) is 5.69 Å². The van der Waals surface area contributed by atoms with Crippen LogP contribution in [0.3, 0.4) is 0 Å². The highest BCUT2D eigenvalue weighted by Crippen LogP contribution is 2.33. The maximum atomic E-state index is 11.6. The summed E-state index contributed by atoms with van der Waals surface area (Å²) >= 11 is 0. The zero-order valence-electron chi connectivity index (χ0n) is 18.5. The summed E-state index contributed by atoms with van der Waals surface area (Å²) in [7, 11) is 1.98. The van der Waals surface area contributed by atoms with Gasteiger partial charge in [-0.25, -0.2) is 19.7 Å². The van der Waals surface area contributed by atoms with Crippen molar-refractivity contribution in [1.82, 2.24) is 34.5 Å². The van der Waals surface area contributed by atoms with Crippen molar-refractivity contribution in [2.45, 2.75) is 25.7 Å². The third-order valence-corrected chi connectivity index (χ3v) is 6.58. The van der Waals surface area contributed by atoms with E-state index in [0.29, 0.717) is 5.92 Å². The Bertz CT molecular complexity index is 1540. The summed E-state index contributed by atoms with van der Waals surface area (Å²) in [5.74, 6) is 2.16. The molecule has 1 aliphatic heterocycles. The molecule has 1 fully saturated rings. The predicted molar refractivity (Wildman–Crippen MR) is 127 cm³/mol. The van der Waals surface area contributed by atoms with Gasteiger partial charge in [-0.2, -0.15) is 0 Å². The van der Waals surface area contributed by atoms with E-state index in [1.807, 2.05) is 37.0 Å². The van der Waals surface area contributed by atoms with Crippen LogP contribution in [-0.4, -0.2) is 47.6 Å². The minimum Gasteiger partial charge on any atom is -0.355 e. The van der Waals surface area contributed by atoms with Gasteiger partial charge >= 0.3 is 5.69 Å². The van der Waals surface area contributed by atoms with Gasteiger partial charge in [-0.05, 0) is 55.0 Å². The second-order valence-electron chi connectivity index (χ2n) is 8.76. The smallest absolute Gasteiger partial charge is 0.323 e. The number of hydrogen-bond donors (Lipinski definition) is 2. The molecule has 0 radical (unpaired) electrons. The first-order valence-corrected chi connectivity index (χ1v) is 11.1. The highest BCUT2D eigenvalue weighted by atomic mass is 16.1. The van der Waals surface area contributed by atoms with Crippen molar-refractivity contribution in [3.63, 3.8) is 0 Å². The van der Waals surface area contributed by atoms with E-state index < -0.39 is 0 Å². The Hall–Kier alpha value is -4.01. The van der Waals surface area contributed by atoms with Crippen molar-refractivity contribution >= 4 is 28.0 Å². The second-order valence-corrected chi connectivity index (χ2v) is 8.76. The van der Waals surface area contributed by atoms with Gasteiger partial charge in [-0.3, -0.25) is 4.98 Å². The number of rotatable bonds is 3. The minimum atomic E-state index is -0.166. The highest BCUT2D eigenvalue weighted by molar-refractivity contribution is 5.86. The Morgan fingerprint density at radius 2 is 1.85 bits per heavy atom. The van der Waals surface area contributed by atoms with Gasteiger partial charge in [0.05, 0.1) is 11.0 Å². The number of pyridine rings is 1. The van der Waals surface area contributed by atoms with E-state index in [2.05, 4.69) is 48.0 Å². The lowest BCUT2D eigenvalue weighted by molar-refractivity contribution is 0.503. The van der Waals surface area contributed by atoms with Gasteiger partial charge in [0.15, 0.2) is 17.0 Å². The first kappa shape index (κ1) is 19.7. The summed E-state index contributed by atoms with van der Waals surface area (Å²) in [6.07, 6.45) is 7.31. The van der Waals surface area contributed by atoms with Crippen molar-refractivity contribution in [2.75, 3.05) is 18.0 Å². The molecule has 166 valence electrons. The molecule has 2 N–H and O–H groups in total. The third kappa shape index (κ3) is 3.36. The molecule has 0 aliphatic carbocycles. The normalized spacial score (nSPS) is 15.0. The number of H-pyrrole nitrogens is 2. The number of anilines is 1. The predicted octanol–water partition coefficient (Wildman–Crippen LogP) is 3.29. The van der Waals surface area contributed by atoms with Crippen molar-refractivity contribution in [1.29, 1.82) is 0 Å². The van der Waals surface area contributed by atoms with Crippen LogP contribution in [0.25, 0.3) is 33.6 Å². The Kier molecular flexibility index (Phi) is 4.49. The molecule has 1 saturated heterocycles. The SMILES string of the molecule is Cc1cncc(-c2nc3c(N4CCC(c5ccc6[nH]c(=O)[nH]c6c5)CC4)ncnc3n2C)c1. The minimum absolute atomic E-state index is 0.166. The van der Waals surface area contributed by atoms with Crippen LogP contribution in [0.5, 0.6) is 0 Å². The number of aryl methyl sites for hydroxylation is 2. The molecule has 0 saturated carbocycles. The van der Waals surface area contributed by atoms with Crippen molar-refractivity contribution in [2.24, 2.45) is 7.05 Å². The van der Waals surface area contributed by atoms with Gasteiger partial charge in [0.1, 0.15) is 12.2 Å².